The molecule has 3 heterocycles. The van der Waals surface area contributed by atoms with Gasteiger partial charge in [0, 0.05) is 26.1 Å². The first kappa shape index (κ1) is 18.2. The van der Waals surface area contributed by atoms with Crippen LogP contribution in [-0.2, 0) is 14.4 Å². The molecule has 0 aromatic carbocycles. The summed E-state index contributed by atoms with van der Waals surface area (Å²) in [7, 11) is 0. The minimum atomic E-state index is -0.955. The molecule has 2 amide bonds. The Kier molecular flexibility index (Phi) is 5.32. The highest BCUT2D eigenvalue weighted by atomic mass is 16.4. The number of nitrogens with zero attached hydrogens (tertiary/aromatic N) is 3. The summed E-state index contributed by atoms with van der Waals surface area (Å²) in [5, 5.41) is 9.24. The molecule has 0 aromatic heterocycles. The average Bonchev–Trinajstić information content (AvgIpc) is 3.10. The lowest BCUT2D eigenvalue weighted by atomic mass is 9.72. The van der Waals surface area contributed by atoms with Crippen LogP contribution in [0.5, 0.6) is 0 Å². The number of likely N-dealkylation sites (tertiary alicyclic amines) is 3. The summed E-state index contributed by atoms with van der Waals surface area (Å²) in [5.74, 6) is -0.809. The van der Waals surface area contributed by atoms with Crippen LogP contribution in [0.2, 0.25) is 0 Å². The third kappa shape index (κ3) is 3.97. The molecule has 3 aliphatic heterocycles. The quantitative estimate of drug-likeness (QED) is 0.810. The molecule has 1 spiro atoms. The third-order valence-corrected chi connectivity index (χ3v) is 6.25. The average molecular weight is 351 g/mol. The highest BCUT2D eigenvalue weighted by Gasteiger charge is 2.43. The van der Waals surface area contributed by atoms with Crippen LogP contribution in [0.3, 0.4) is 0 Å². The van der Waals surface area contributed by atoms with E-state index in [0.717, 1.165) is 45.4 Å². The largest absolute Gasteiger partial charge is 0.480 e. The molecular formula is C18H29N3O4. The molecule has 3 fully saturated rings. The summed E-state index contributed by atoms with van der Waals surface area (Å²) in [6.45, 7) is 6.09. The van der Waals surface area contributed by atoms with Gasteiger partial charge in [0.1, 0.15) is 6.04 Å². The van der Waals surface area contributed by atoms with E-state index in [1.54, 1.807) is 6.92 Å². The number of amides is 2. The van der Waals surface area contributed by atoms with E-state index in [9.17, 15) is 19.5 Å². The highest BCUT2D eigenvalue weighted by molar-refractivity contribution is 5.84. The number of hydrogen-bond acceptors (Lipinski definition) is 4. The van der Waals surface area contributed by atoms with Gasteiger partial charge in [-0.3, -0.25) is 14.5 Å². The van der Waals surface area contributed by atoms with E-state index in [4.69, 9.17) is 0 Å². The van der Waals surface area contributed by atoms with Crippen molar-refractivity contribution >= 4 is 17.8 Å². The summed E-state index contributed by atoms with van der Waals surface area (Å²) >= 11 is 0. The van der Waals surface area contributed by atoms with Gasteiger partial charge in [-0.1, -0.05) is 0 Å². The first-order valence-electron chi connectivity index (χ1n) is 9.43. The van der Waals surface area contributed by atoms with Crippen LogP contribution in [0.15, 0.2) is 0 Å². The molecule has 7 nitrogen and oxygen atoms in total. The predicted molar refractivity (Wildman–Crippen MR) is 92.0 cm³/mol. The maximum Gasteiger partial charge on any atom is 0.326 e. The lowest BCUT2D eigenvalue weighted by molar-refractivity contribution is -0.155. The normalized spacial score (nSPS) is 25.4. The van der Waals surface area contributed by atoms with Crippen LogP contribution >= 0.6 is 0 Å². The fourth-order valence-corrected chi connectivity index (χ4v) is 4.40. The van der Waals surface area contributed by atoms with Crippen molar-refractivity contribution in [3.8, 4) is 0 Å². The van der Waals surface area contributed by atoms with E-state index in [1.165, 1.54) is 17.7 Å². The second kappa shape index (κ2) is 7.32. The molecule has 3 rings (SSSR count). The number of aliphatic carboxylic acids is 1. The van der Waals surface area contributed by atoms with Gasteiger partial charge in [-0.05, 0) is 57.5 Å². The van der Waals surface area contributed by atoms with Gasteiger partial charge in [-0.25, -0.2) is 4.79 Å². The number of rotatable bonds is 4. The maximum absolute atomic E-state index is 12.5. The molecule has 0 saturated carbocycles. The van der Waals surface area contributed by atoms with Crippen molar-refractivity contribution in [1.29, 1.82) is 0 Å². The zero-order chi connectivity index (χ0) is 18.0. The Bertz CT molecular complexity index is 536. The highest BCUT2D eigenvalue weighted by Crippen LogP contribution is 2.40. The molecule has 1 N–H and O–H groups in total. The molecule has 0 radical (unpaired) electrons. The SMILES string of the molecule is C[C@H](C(=O)O)N1CC2(CCC1=O)CCN(C(=O)CN1CCCC1)CC2. The number of carboxylic acid groups (broad SMARTS) is 1. The fraction of sp³-hybridized carbons (Fsp3) is 0.833. The number of carboxylic acids is 1. The Morgan fingerprint density at radius 1 is 1.12 bits per heavy atom. The van der Waals surface area contributed by atoms with Crippen molar-refractivity contribution in [3.63, 3.8) is 0 Å². The molecule has 140 valence electrons. The smallest absolute Gasteiger partial charge is 0.326 e. The Morgan fingerprint density at radius 3 is 2.36 bits per heavy atom. The fourth-order valence-electron chi connectivity index (χ4n) is 4.40. The zero-order valence-corrected chi connectivity index (χ0v) is 15.1. The number of carbonyl (C=O) groups excluding carboxylic acids is 2. The molecule has 0 aliphatic carbocycles. The lowest BCUT2D eigenvalue weighted by Crippen LogP contribution is -2.56. The summed E-state index contributed by atoms with van der Waals surface area (Å²) in [5.41, 5.74) is -0.0257. The molecule has 0 unspecified atom stereocenters. The van der Waals surface area contributed by atoms with Crippen LogP contribution in [0.1, 0.15) is 45.4 Å². The molecule has 0 aromatic rings. The summed E-state index contributed by atoms with van der Waals surface area (Å²) in [6, 6.07) is -0.778. The van der Waals surface area contributed by atoms with Gasteiger partial charge in [0.15, 0.2) is 0 Å². The number of piperidine rings is 2. The van der Waals surface area contributed by atoms with Crippen LogP contribution in [0.4, 0.5) is 0 Å². The molecule has 3 saturated heterocycles. The van der Waals surface area contributed by atoms with Gasteiger partial charge < -0.3 is 14.9 Å². The van der Waals surface area contributed by atoms with Crippen molar-refractivity contribution in [1.82, 2.24) is 14.7 Å². The predicted octanol–water partition coefficient (Wildman–Crippen LogP) is 0.787. The van der Waals surface area contributed by atoms with E-state index in [2.05, 4.69) is 4.90 Å². The van der Waals surface area contributed by atoms with Crippen LogP contribution in [0.25, 0.3) is 0 Å². The zero-order valence-electron chi connectivity index (χ0n) is 15.1. The summed E-state index contributed by atoms with van der Waals surface area (Å²) in [4.78, 5) is 41.6. The molecule has 0 bridgehead atoms. The first-order chi connectivity index (χ1) is 11.9. The van der Waals surface area contributed by atoms with E-state index < -0.39 is 12.0 Å². The van der Waals surface area contributed by atoms with E-state index >= 15 is 0 Å². The van der Waals surface area contributed by atoms with Gasteiger partial charge in [-0.15, -0.1) is 0 Å². The van der Waals surface area contributed by atoms with E-state index in [1.807, 2.05) is 4.90 Å². The van der Waals surface area contributed by atoms with Crippen molar-refractivity contribution in [3.05, 3.63) is 0 Å². The van der Waals surface area contributed by atoms with E-state index in [-0.39, 0.29) is 17.2 Å². The van der Waals surface area contributed by atoms with Gasteiger partial charge in [0.2, 0.25) is 11.8 Å². The summed E-state index contributed by atoms with van der Waals surface area (Å²) in [6.07, 6.45) is 5.30. The van der Waals surface area contributed by atoms with Gasteiger partial charge in [0.05, 0.1) is 6.54 Å². The minimum Gasteiger partial charge on any atom is -0.480 e. The number of carbonyl (C=O) groups is 3. The van der Waals surface area contributed by atoms with Crippen molar-refractivity contribution in [2.24, 2.45) is 5.41 Å². The van der Waals surface area contributed by atoms with Gasteiger partial charge >= 0.3 is 5.97 Å². The van der Waals surface area contributed by atoms with Crippen LogP contribution < -0.4 is 0 Å². The Morgan fingerprint density at radius 2 is 1.76 bits per heavy atom. The van der Waals surface area contributed by atoms with Crippen molar-refractivity contribution in [2.75, 3.05) is 39.3 Å². The Balaban J connectivity index is 1.55. The maximum atomic E-state index is 12.5. The standard InChI is InChI=1S/C18H29N3O4/c1-14(17(24)25)21-13-18(5-4-15(21)22)6-10-20(11-7-18)16(23)12-19-8-2-3-9-19/h14H,2-13H2,1H3,(H,24,25)/t14-/m1/s1. The van der Waals surface area contributed by atoms with Gasteiger partial charge in [-0.2, -0.15) is 0 Å². The van der Waals surface area contributed by atoms with Gasteiger partial charge in [0.25, 0.3) is 0 Å². The Hall–Kier alpha value is -1.63. The number of hydrogen-bond donors (Lipinski definition) is 1. The second-order valence-electron chi connectivity index (χ2n) is 7.90. The lowest BCUT2D eigenvalue weighted by Gasteiger charge is -2.48. The topological polar surface area (TPSA) is 81.2 Å². The van der Waals surface area contributed by atoms with Crippen LogP contribution in [0, 0.1) is 5.41 Å². The monoisotopic (exact) mass is 351 g/mol. The summed E-state index contributed by atoms with van der Waals surface area (Å²) < 4.78 is 0. The van der Waals surface area contributed by atoms with Crippen molar-refractivity contribution in [2.45, 2.75) is 51.5 Å². The molecule has 1 atom stereocenters. The second-order valence-corrected chi connectivity index (χ2v) is 7.90. The molecular weight excluding hydrogens is 322 g/mol. The molecule has 7 heteroatoms. The molecule has 25 heavy (non-hydrogen) atoms. The third-order valence-electron chi connectivity index (χ3n) is 6.25. The minimum absolute atomic E-state index is 0.0257. The first-order valence-corrected chi connectivity index (χ1v) is 9.43. The van der Waals surface area contributed by atoms with E-state index in [0.29, 0.717) is 19.5 Å². The Labute approximate surface area is 148 Å². The van der Waals surface area contributed by atoms with Crippen LogP contribution in [-0.4, -0.2) is 82.9 Å². The van der Waals surface area contributed by atoms with Crippen molar-refractivity contribution < 1.29 is 19.5 Å². The molecule has 3 aliphatic rings.